The predicted octanol–water partition coefficient (Wildman–Crippen LogP) is 8.07. The SMILES string of the molecule is Nc1c(N=Nc2ccc3c(O)c(N=Nc4cc(S(=O)(=O)O)c(N=Nc5c(C(=O)O)[nH]n(-c6ccc(S(=O)(=O)O)cc6)c5=O)cc4SOOO)c(S(=O)(=O)O)cc3c2S(=O)(=O)O)cc(S(=O)(=O)O)c2cc(SOOO)c(N=Nc3ccc([N+](=O)[O-])cc3S(=O)(=O)O)c(O)c12. The Balaban J connectivity index is 1.26. The Morgan fingerprint density at radius 2 is 1.04 bits per heavy atom. The van der Waals surface area contributed by atoms with E-state index in [4.69, 9.17) is 16.2 Å². The molecule has 8 aromatic rings. The number of hydrogen-bond acceptors (Lipinski definition) is 35. The molecule has 0 aliphatic carbocycles. The van der Waals surface area contributed by atoms with E-state index in [0.29, 0.717) is 53.2 Å². The smallest absolute Gasteiger partial charge is 0.356 e. The second-order valence-corrected chi connectivity index (χ2v) is 27.3. The van der Waals surface area contributed by atoms with Crippen LogP contribution in [0.1, 0.15) is 10.5 Å². The highest BCUT2D eigenvalue weighted by Gasteiger charge is 2.31. The van der Waals surface area contributed by atoms with Crippen molar-refractivity contribution in [2.45, 2.75) is 39.2 Å². The second kappa shape index (κ2) is 26.0. The van der Waals surface area contributed by atoms with Crippen LogP contribution in [-0.4, -0.2) is 124 Å². The minimum absolute atomic E-state index is 0.0695. The summed E-state index contributed by atoms with van der Waals surface area (Å²) in [6, 6.07) is 8.90. The van der Waals surface area contributed by atoms with Gasteiger partial charge in [-0.05, 0) is 72.8 Å². The number of benzene rings is 7. The first kappa shape index (κ1) is 69.5. The van der Waals surface area contributed by atoms with E-state index in [1.807, 2.05) is 0 Å². The summed E-state index contributed by atoms with van der Waals surface area (Å²) < 4.78 is 221. The maximum Gasteiger partial charge on any atom is 0.356 e. The van der Waals surface area contributed by atoms with Crippen LogP contribution in [0.25, 0.3) is 27.2 Å². The van der Waals surface area contributed by atoms with Gasteiger partial charge in [0.15, 0.2) is 22.9 Å². The standard InChI is InChI=1S/C42H28N12O31S8/c43-33-25(14-28(89(67,68)69)20-10-27(87-85-83-63)34(39(56)32(20)33)49-44-21-7-3-16(54(60)61)9-29(21)90(70,71)72)48-45-22-8-6-18-19(40(22)93(79,80)81)11-31(92(76,77)78)35(38(18)55)50-46-23-13-30(91(73,74)75)24(12-26(23)86-84-82-62)47-51-36-37(42(58)59)52-53(41(36)57)15-1-4-17(5-2-15)88(64,65)66/h1-14,52,55-56,62-63H,43H2,(H,58,59)(H,64,65,66)(H,67,68,69)(H,70,71,72)(H,73,74,75)(H,76,77,78)(H,79,80,81). The Morgan fingerprint density at radius 3 is 1.60 bits per heavy atom. The topological polar surface area (TPSA) is 687 Å². The Hall–Kier alpha value is -9.34. The summed E-state index contributed by atoms with van der Waals surface area (Å²) in [4.78, 5) is 27.1. The molecule has 490 valence electrons. The zero-order valence-corrected chi connectivity index (χ0v) is 50.5. The quantitative estimate of drug-likeness (QED) is 0.00547. The van der Waals surface area contributed by atoms with Gasteiger partial charge in [-0.3, -0.25) is 47.3 Å². The Morgan fingerprint density at radius 1 is 0.527 bits per heavy atom. The number of nitrogens with zero attached hydrogens (tertiary/aromatic N) is 10. The van der Waals surface area contributed by atoms with Crippen LogP contribution in [0.3, 0.4) is 0 Å². The molecule has 7 aromatic carbocycles. The average molecular weight is 1450 g/mol. The molecule has 0 aliphatic rings. The highest BCUT2D eigenvalue weighted by molar-refractivity contribution is 7.95. The fourth-order valence-electron chi connectivity index (χ4n) is 8.01. The molecule has 0 atom stereocenters. The first-order chi connectivity index (χ1) is 43.2. The number of nitrogen functional groups attached to an aromatic ring is 1. The molecular formula is C42H28N12O31S8. The lowest BCUT2D eigenvalue weighted by molar-refractivity contribution is -0.432. The third kappa shape index (κ3) is 14.8. The molecule has 0 unspecified atom stereocenters. The van der Waals surface area contributed by atoms with Crippen molar-refractivity contribution in [3.8, 4) is 17.2 Å². The fourth-order valence-corrected chi connectivity index (χ4v) is 12.9. The van der Waals surface area contributed by atoms with E-state index >= 15 is 0 Å². The summed E-state index contributed by atoms with van der Waals surface area (Å²) in [5.41, 5.74) is -6.20. The molecule has 0 aliphatic heterocycles. The number of fused-ring (bicyclic) bond motifs is 2. The zero-order chi connectivity index (χ0) is 68.8. The average Bonchev–Trinajstić information content (AvgIpc) is 1.38. The van der Waals surface area contributed by atoms with Gasteiger partial charge in [-0.15, -0.1) is 49.6 Å². The predicted molar refractivity (Wildman–Crippen MR) is 305 cm³/mol. The Kier molecular flexibility index (Phi) is 19.4. The van der Waals surface area contributed by atoms with Crippen molar-refractivity contribution in [2.75, 3.05) is 5.73 Å². The molecule has 14 N–H and O–H groups in total. The van der Waals surface area contributed by atoms with Gasteiger partial charge in [0.1, 0.15) is 64.3 Å². The molecule has 0 radical (unpaired) electrons. The van der Waals surface area contributed by atoms with Gasteiger partial charge in [0.25, 0.3) is 72.0 Å². The second-order valence-electron chi connectivity index (χ2n) is 17.5. The first-order valence-electron chi connectivity index (χ1n) is 23.1. The van der Waals surface area contributed by atoms with Gasteiger partial charge >= 0.3 is 5.97 Å². The number of nitrogens with one attached hydrogen (secondary N) is 1. The molecule has 51 heteroatoms. The minimum atomic E-state index is -5.83. The van der Waals surface area contributed by atoms with Crippen LogP contribution in [-0.2, 0) is 79.5 Å². The molecule has 0 fully saturated rings. The van der Waals surface area contributed by atoms with Crippen molar-refractivity contribution in [2.24, 2.45) is 40.9 Å². The number of nitro groups is 1. The van der Waals surface area contributed by atoms with Gasteiger partial charge in [-0.2, -0.15) is 50.5 Å². The van der Waals surface area contributed by atoms with Gasteiger partial charge in [-0.25, -0.2) is 20.0 Å². The number of carbonyl (C=O) groups is 1. The number of azo groups is 4. The van der Waals surface area contributed by atoms with Crippen molar-refractivity contribution < 1.29 is 132 Å². The molecule has 0 saturated heterocycles. The van der Waals surface area contributed by atoms with E-state index in [1.54, 1.807) is 0 Å². The molecule has 1 aromatic heterocycles. The number of aromatic amines is 1. The number of aromatic nitrogens is 2. The number of anilines is 1. The molecule has 93 heavy (non-hydrogen) atoms. The summed E-state index contributed by atoms with van der Waals surface area (Å²) in [6.07, 6.45) is 0. The number of phenols is 2. The van der Waals surface area contributed by atoms with E-state index in [1.165, 1.54) is 0 Å². The normalized spacial score (nSPS) is 13.0. The fraction of sp³-hybridized carbons (Fsp3) is 0. The number of carboxylic acid groups (broad SMARTS) is 1. The summed E-state index contributed by atoms with van der Waals surface area (Å²) in [7, 11) is -32.9. The van der Waals surface area contributed by atoms with E-state index in [0.717, 1.165) is 30.3 Å². The number of phenolic OH excluding ortho intramolecular Hbond substituents is 2. The number of non-ortho nitro benzene ring substituents is 1. The van der Waals surface area contributed by atoms with E-state index in [-0.39, 0.29) is 35.8 Å². The molecule has 1 heterocycles. The molecule has 0 amide bonds. The largest absolute Gasteiger partial charge is 0.505 e. The Labute approximate surface area is 522 Å². The number of aromatic hydroxyl groups is 2. The van der Waals surface area contributed by atoms with Gasteiger partial charge in [0.05, 0.1) is 60.5 Å². The van der Waals surface area contributed by atoms with Crippen molar-refractivity contribution in [1.29, 1.82) is 0 Å². The lowest BCUT2D eigenvalue weighted by Gasteiger charge is -2.15. The van der Waals surface area contributed by atoms with E-state index in [9.17, 15) is 113 Å². The number of rotatable bonds is 23. The lowest BCUT2D eigenvalue weighted by atomic mass is 10.0. The minimum Gasteiger partial charge on any atom is -0.505 e. The van der Waals surface area contributed by atoms with Gasteiger partial charge in [-0.1, -0.05) is 10.1 Å². The highest BCUT2D eigenvalue weighted by atomic mass is 32.2. The summed E-state index contributed by atoms with van der Waals surface area (Å²) in [5, 5.41) is 96.8. The molecule has 8 rings (SSSR count). The number of nitrogens with two attached hydrogens (primary N) is 1. The van der Waals surface area contributed by atoms with Crippen LogP contribution in [0, 0.1) is 10.1 Å². The van der Waals surface area contributed by atoms with Crippen LogP contribution in [0.2, 0.25) is 0 Å². The number of nitro benzene ring substituents is 1. The highest BCUT2D eigenvalue weighted by Crippen LogP contribution is 2.51. The first-order valence-corrected chi connectivity index (χ1v) is 33.2. The van der Waals surface area contributed by atoms with Crippen LogP contribution in [0.4, 0.5) is 56.9 Å². The third-order valence-electron chi connectivity index (χ3n) is 11.9. The number of aromatic carboxylic acids is 1. The maximum atomic E-state index is 13.4. The van der Waals surface area contributed by atoms with Crippen molar-refractivity contribution in [1.82, 2.24) is 9.78 Å². The van der Waals surface area contributed by atoms with Crippen molar-refractivity contribution in [3.63, 3.8) is 0 Å². The number of H-pyrrole nitrogens is 1. The molecule has 43 nitrogen and oxygen atoms in total. The van der Waals surface area contributed by atoms with E-state index < -0.39 is 212 Å². The molecule has 0 spiro atoms. The van der Waals surface area contributed by atoms with Crippen LogP contribution in [0.15, 0.2) is 170 Å². The summed E-state index contributed by atoms with van der Waals surface area (Å²) in [5.74, 6) is -4.62. The van der Waals surface area contributed by atoms with Crippen molar-refractivity contribution in [3.05, 3.63) is 111 Å². The number of hydrogen-bond donors (Lipinski definition) is 13. The third-order valence-corrected chi connectivity index (χ3v) is 18.5. The summed E-state index contributed by atoms with van der Waals surface area (Å²) >= 11 is -0.183. The number of carboxylic acids is 1. The summed E-state index contributed by atoms with van der Waals surface area (Å²) in [6.45, 7) is 0. The van der Waals surface area contributed by atoms with Crippen LogP contribution >= 0.6 is 24.1 Å². The molecular weight excluding hydrogens is 1430 g/mol. The monoisotopic (exact) mass is 1450 g/mol. The van der Waals surface area contributed by atoms with Crippen molar-refractivity contribution >= 4 is 169 Å². The van der Waals surface area contributed by atoms with E-state index in [2.05, 4.69) is 64.8 Å². The molecule has 0 saturated carbocycles. The molecule has 0 bridgehead atoms. The van der Waals surface area contributed by atoms with Gasteiger partial charge in [0, 0.05) is 28.3 Å². The van der Waals surface area contributed by atoms with Gasteiger partial charge in [0.2, 0.25) is 0 Å². The van der Waals surface area contributed by atoms with Gasteiger partial charge < -0.3 is 21.1 Å². The van der Waals surface area contributed by atoms with Crippen LogP contribution < -0.4 is 11.3 Å². The maximum absolute atomic E-state index is 13.4. The van der Waals surface area contributed by atoms with Crippen LogP contribution in [0.5, 0.6) is 11.5 Å². The zero-order valence-electron chi connectivity index (χ0n) is 44.0. The lowest BCUT2D eigenvalue weighted by Crippen LogP contribution is -2.14. The Bertz CT molecular complexity index is 5440.